The van der Waals surface area contributed by atoms with Crippen molar-refractivity contribution >= 4 is 28.2 Å². The fourth-order valence-corrected chi connectivity index (χ4v) is 0. The first-order valence-electron chi connectivity index (χ1n) is 0.228. The van der Waals surface area contributed by atoms with Crippen molar-refractivity contribution < 1.29 is 33.2 Å². The second-order valence-electron chi connectivity index (χ2n) is 0.0431. The van der Waals surface area contributed by atoms with Crippen molar-refractivity contribution in [2.75, 3.05) is 0 Å². The fourth-order valence-electron chi connectivity index (χ4n) is 0. The van der Waals surface area contributed by atoms with Gasteiger partial charge in [0.2, 0.25) is 0 Å². The molecular formula is H8Br2CuO4. The fraction of sp³-hybridized carbons (Fsp3) is 0. The summed E-state index contributed by atoms with van der Waals surface area (Å²) < 4.78 is 0. The molecule has 0 aliphatic heterocycles. The Morgan fingerprint density at radius 3 is 0.714 bits per heavy atom. The Bertz CT molecular complexity index is 9.65. The average Bonchev–Trinajstić information content (AvgIpc) is 0.918. The van der Waals surface area contributed by atoms with Gasteiger partial charge in [0.05, 0.1) is 0 Å². The molecule has 0 atom stereocenters. The molecule has 0 bridgehead atoms. The summed E-state index contributed by atoms with van der Waals surface area (Å²) in [6, 6.07) is 0. The molecular weight excluding hydrogens is 287 g/mol. The van der Waals surface area contributed by atoms with Gasteiger partial charge in [-0.3, -0.25) is 0 Å². The third-order valence-corrected chi connectivity index (χ3v) is 0. The summed E-state index contributed by atoms with van der Waals surface area (Å²) in [7, 11) is 0. The summed E-state index contributed by atoms with van der Waals surface area (Å²) in [5.74, 6) is 0. The predicted octanol–water partition coefficient (Wildman–Crippen LogP) is -1.61. The van der Waals surface area contributed by atoms with Crippen molar-refractivity contribution in [3.05, 3.63) is 0 Å². The second-order valence-corrected chi connectivity index (χ2v) is 4.80. The molecule has 0 rings (SSSR count). The van der Waals surface area contributed by atoms with Crippen LogP contribution in [0, 0.1) is 0 Å². The van der Waals surface area contributed by atoms with Crippen LogP contribution in [-0.4, -0.2) is 21.9 Å². The topological polar surface area (TPSA) is 126 Å². The first-order chi connectivity index (χ1) is 1.41. The SMILES string of the molecule is O.O.O.O.[Br][Cu][Br]. The normalized spacial score (nSPS) is 3.14. The van der Waals surface area contributed by atoms with E-state index in [-0.39, 0.29) is 21.9 Å². The van der Waals surface area contributed by atoms with Gasteiger partial charge in [-0.1, -0.05) is 0 Å². The van der Waals surface area contributed by atoms with Crippen LogP contribution in [0.4, 0.5) is 0 Å². The van der Waals surface area contributed by atoms with Crippen LogP contribution < -0.4 is 0 Å². The third-order valence-electron chi connectivity index (χ3n) is 0. The van der Waals surface area contributed by atoms with Gasteiger partial charge in [0, 0.05) is 0 Å². The van der Waals surface area contributed by atoms with Gasteiger partial charge in [-0.05, 0) is 0 Å². The van der Waals surface area contributed by atoms with Crippen molar-refractivity contribution in [3.63, 3.8) is 0 Å². The van der Waals surface area contributed by atoms with Gasteiger partial charge in [0.1, 0.15) is 0 Å². The second kappa shape index (κ2) is 54.3. The maximum absolute atomic E-state index is 2.97. The van der Waals surface area contributed by atoms with Crippen LogP contribution in [0.2, 0.25) is 0 Å². The third kappa shape index (κ3) is 119. The quantitative estimate of drug-likeness (QED) is 0.477. The van der Waals surface area contributed by atoms with Crippen molar-refractivity contribution in [1.29, 1.82) is 0 Å². The molecule has 8 N–H and O–H groups in total. The van der Waals surface area contributed by atoms with Gasteiger partial charge in [-0.15, -0.1) is 0 Å². The molecule has 0 fully saturated rings. The maximum atomic E-state index is 2.97. The van der Waals surface area contributed by atoms with Crippen LogP contribution in [0.15, 0.2) is 0 Å². The molecule has 0 aliphatic rings. The molecule has 0 unspecified atom stereocenters. The van der Waals surface area contributed by atoms with Crippen LogP contribution in [0.5, 0.6) is 0 Å². The molecule has 0 aromatic carbocycles. The predicted molar refractivity (Wildman–Crippen MR) is 32.3 cm³/mol. The Kier molecular flexibility index (Phi) is 314. The summed E-state index contributed by atoms with van der Waals surface area (Å²) >= 11 is 7.38. The van der Waals surface area contributed by atoms with E-state index in [0.29, 0.717) is 0 Å². The summed E-state index contributed by atoms with van der Waals surface area (Å²) in [5.41, 5.74) is 0. The van der Waals surface area contributed by atoms with Gasteiger partial charge < -0.3 is 21.9 Å². The van der Waals surface area contributed by atoms with E-state index in [1.165, 1.54) is 11.3 Å². The molecule has 0 radical (unpaired) electrons. The summed E-state index contributed by atoms with van der Waals surface area (Å²) in [4.78, 5) is 0. The van der Waals surface area contributed by atoms with E-state index in [2.05, 4.69) is 28.2 Å². The van der Waals surface area contributed by atoms with E-state index in [0.717, 1.165) is 0 Å². The van der Waals surface area contributed by atoms with Crippen LogP contribution in [0.1, 0.15) is 0 Å². The molecule has 7 heavy (non-hydrogen) atoms. The van der Waals surface area contributed by atoms with Crippen LogP contribution in [-0.2, 0) is 11.3 Å². The van der Waals surface area contributed by atoms with Crippen LogP contribution in [0.3, 0.4) is 0 Å². The molecule has 57 valence electrons. The molecule has 0 amide bonds. The van der Waals surface area contributed by atoms with Crippen LogP contribution in [0.25, 0.3) is 0 Å². The monoisotopic (exact) mass is 293 g/mol. The zero-order chi connectivity index (χ0) is 2.71. The van der Waals surface area contributed by atoms with Gasteiger partial charge in [0.25, 0.3) is 0 Å². The number of hydrogen-bond donors (Lipinski definition) is 0. The number of halogens is 2. The molecule has 0 saturated heterocycles. The molecule has 0 aromatic heterocycles. The Labute approximate surface area is 61.4 Å². The molecule has 0 aliphatic carbocycles. The van der Waals surface area contributed by atoms with Crippen molar-refractivity contribution in [3.8, 4) is 0 Å². The van der Waals surface area contributed by atoms with E-state index in [4.69, 9.17) is 0 Å². The summed E-state index contributed by atoms with van der Waals surface area (Å²) in [6.07, 6.45) is 0. The molecule has 0 spiro atoms. The Hall–Kier alpha value is 1.32. The minimum atomic E-state index is 0. The molecule has 7 heteroatoms. The van der Waals surface area contributed by atoms with Gasteiger partial charge in [-0.2, -0.15) is 0 Å². The van der Waals surface area contributed by atoms with Crippen molar-refractivity contribution in [2.24, 2.45) is 0 Å². The van der Waals surface area contributed by atoms with Gasteiger partial charge in [0.15, 0.2) is 0 Å². The first kappa shape index (κ1) is 40.4. The standard InChI is InChI=1S/2BrH.Cu.4H2O/h2*1H;;4*1H2/q;;+2;;;;/p-2. The zero-order valence-corrected chi connectivity index (χ0v) is 7.17. The van der Waals surface area contributed by atoms with E-state index >= 15 is 0 Å². The van der Waals surface area contributed by atoms with Crippen molar-refractivity contribution in [2.45, 2.75) is 0 Å². The zero-order valence-electron chi connectivity index (χ0n) is 3.06. The first-order valence-corrected chi connectivity index (χ1v) is 4.88. The van der Waals surface area contributed by atoms with E-state index in [1.807, 2.05) is 0 Å². The summed E-state index contributed by atoms with van der Waals surface area (Å²) in [5, 5.41) is 0. The van der Waals surface area contributed by atoms with Crippen molar-refractivity contribution in [1.82, 2.24) is 0 Å². The summed E-state index contributed by atoms with van der Waals surface area (Å²) in [6.45, 7) is 0. The Morgan fingerprint density at radius 2 is 0.714 bits per heavy atom. The molecule has 0 saturated carbocycles. The minimum absolute atomic E-state index is 0. The van der Waals surface area contributed by atoms with Gasteiger partial charge in [-0.25, -0.2) is 0 Å². The number of rotatable bonds is 0. The Morgan fingerprint density at radius 1 is 0.714 bits per heavy atom. The number of hydrogen-bond acceptors (Lipinski definition) is 0. The molecule has 4 nitrogen and oxygen atoms in total. The average molecular weight is 295 g/mol. The van der Waals surface area contributed by atoms with E-state index < -0.39 is 0 Å². The van der Waals surface area contributed by atoms with Gasteiger partial charge >= 0.3 is 39.6 Å². The van der Waals surface area contributed by atoms with E-state index in [9.17, 15) is 0 Å². The Balaban J connectivity index is -0.00000000333. The molecule has 0 heterocycles. The molecule has 0 aromatic rings. The van der Waals surface area contributed by atoms with E-state index in [1.54, 1.807) is 0 Å². The van der Waals surface area contributed by atoms with Crippen LogP contribution >= 0.6 is 28.2 Å².